The molecule has 0 saturated carbocycles. The van der Waals surface area contributed by atoms with Gasteiger partial charge in [0.2, 0.25) is 23.6 Å². The van der Waals surface area contributed by atoms with Gasteiger partial charge in [-0.1, -0.05) is 0 Å². The highest BCUT2D eigenvalue weighted by Crippen LogP contribution is 2.29. The maximum atomic E-state index is 12.8. The normalized spacial score (nSPS) is 14.5. The lowest BCUT2D eigenvalue weighted by molar-refractivity contribution is -0.393. The number of benzene rings is 1. The van der Waals surface area contributed by atoms with Gasteiger partial charge >= 0.3 is 12.1 Å². The number of alkyl carbamates (subject to hydrolysis) is 1. The molecular formula is C33H49N7O16S. The number of nitro benzene ring substituents is 2. The quantitative estimate of drug-likeness (QED) is 0.0331. The second-order valence-electron chi connectivity index (χ2n) is 12.9. The lowest BCUT2D eigenvalue weighted by atomic mass is 10.2. The third-order valence-electron chi connectivity index (χ3n) is 7.26. The molecule has 1 heterocycles. The number of hydrogen-bond donors (Lipinski definition) is 5. The van der Waals surface area contributed by atoms with Crippen LogP contribution in [0.5, 0.6) is 0 Å². The summed E-state index contributed by atoms with van der Waals surface area (Å²) in [6.07, 6.45) is -1.05. The summed E-state index contributed by atoms with van der Waals surface area (Å²) < 4.78 is 26.6. The van der Waals surface area contributed by atoms with Gasteiger partial charge in [0.05, 0.1) is 74.0 Å². The Labute approximate surface area is 331 Å². The maximum absolute atomic E-state index is 12.8. The van der Waals surface area contributed by atoms with Crippen LogP contribution in [0.2, 0.25) is 0 Å². The summed E-state index contributed by atoms with van der Waals surface area (Å²) >= 11 is 0.881. The number of nitrogens with zero attached hydrogens (tertiary/aromatic N) is 3. The van der Waals surface area contributed by atoms with Gasteiger partial charge < -0.3 is 50.1 Å². The van der Waals surface area contributed by atoms with Crippen molar-refractivity contribution in [3.63, 3.8) is 0 Å². The molecule has 1 aromatic carbocycles. The number of carbonyl (C=O) groups is 6. The minimum atomic E-state index is -1.35. The summed E-state index contributed by atoms with van der Waals surface area (Å²) in [6, 6.07) is 1.95. The highest BCUT2D eigenvalue weighted by atomic mass is 32.2. The molecule has 24 heteroatoms. The van der Waals surface area contributed by atoms with E-state index in [-0.39, 0.29) is 102 Å². The first-order chi connectivity index (χ1) is 27.0. The smallest absolute Gasteiger partial charge is 0.407 e. The van der Waals surface area contributed by atoms with E-state index in [9.17, 15) is 54.1 Å². The zero-order chi connectivity index (χ0) is 42.4. The van der Waals surface area contributed by atoms with Crippen molar-refractivity contribution in [2.45, 2.75) is 50.5 Å². The summed E-state index contributed by atoms with van der Waals surface area (Å²) in [5.41, 5.74) is -1.36. The van der Waals surface area contributed by atoms with E-state index < -0.39 is 74.7 Å². The average Bonchev–Trinajstić information content (AvgIpc) is 3.39. The van der Waals surface area contributed by atoms with E-state index in [2.05, 4.69) is 21.3 Å². The minimum Gasteiger partial charge on any atom is -0.480 e. The number of rotatable bonds is 28. The van der Waals surface area contributed by atoms with Crippen molar-refractivity contribution in [1.82, 2.24) is 20.9 Å². The Hall–Kier alpha value is -5.17. The Morgan fingerprint density at radius 1 is 0.877 bits per heavy atom. The van der Waals surface area contributed by atoms with E-state index in [1.54, 1.807) is 20.8 Å². The van der Waals surface area contributed by atoms with Gasteiger partial charge in [-0.3, -0.25) is 44.3 Å². The average molecular weight is 832 g/mol. The molecule has 2 unspecified atom stereocenters. The minimum absolute atomic E-state index is 0.0153. The number of nitrogens with one attached hydrogen (secondary N) is 4. The number of carboxylic acid groups (broad SMARTS) is 1. The van der Waals surface area contributed by atoms with Crippen molar-refractivity contribution in [3.8, 4) is 0 Å². The Morgan fingerprint density at radius 2 is 1.47 bits per heavy atom. The molecule has 1 aromatic rings. The Morgan fingerprint density at radius 3 is 2.05 bits per heavy atom. The number of carbonyl (C=O) groups excluding carboxylic acids is 5. The van der Waals surface area contributed by atoms with Gasteiger partial charge in [0.25, 0.3) is 11.4 Å². The van der Waals surface area contributed by atoms with E-state index in [4.69, 9.17) is 23.7 Å². The van der Waals surface area contributed by atoms with Gasteiger partial charge in [0.1, 0.15) is 23.9 Å². The predicted molar refractivity (Wildman–Crippen MR) is 201 cm³/mol. The Kier molecular flexibility index (Phi) is 21.2. The second-order valence-corrected chi connectivity index (χ2v) is 14.2. The molecule has 0 aliphatic carbocycles. The van der Waals surface area contributed by atoms with Crippen LogP contribution in [0.4, 0.5) is 21.9 Å². The molecule has 2 atom stereocenters. The first kappa shape index (κ1) is 48.0. The zero-order valence-corrected chi connectivity index (χ0v) is 32.6. The fraction of sp³-hybridized carbons (Fsp3) is 0.636. The molecular weight excluding hydrogens is 782 g/mol. The van der Waals surface area contributed by atoms with Crippen molar-refractivity contribution < 1.29 is 67.4 Å². The molecule has 1 aliphatic rings. The number of amides is 5. The van der Waals surface area contributed by atoms with Gasteiger partial charge in [0, 0.05) is 44.3 Å². The number of ether oxygens (including phenoxy) is 5. The van der Waals surface area contributed by atoms with E-state index in [0.29, 0.717) is 0 Å². The highest BCUT2D eigenvalue weighted by Gasteiger charge is 2.40. The van der Waals surface area contributed by atoms with Crippen LogP contribution in [0.3, 0.4) is 0 Å². The molecule has 2 rings (SSSR count). The van der Waals surface area contributed by atoms with Crippen LogP contribution in [0.15, 0.2) is 18.2 Å². The van der Waals surface area contributed by atoms with Crippen molar-refractivity contribution >= 4 is 64.5 Å². The molecule has 0 radical (unpaired) electrons. The van der Waals surface area contributed by atoms with Crippen LogP contribution in [-0.4, -0.2) is 157 Å². The van der Waals surface area contributed by atoms with Crippen molar-refractivity contribution in [3.05, 3.63) is 38.4 Å². The Bertz CT molecular complexity index is 1560. The van der Waals surface area contributed by atoms with Gasteiger partial charge in [-0.2, -0.15) is 0 Å². The molecule has 0 aromatic heterocycles. The van der Waals surface area contributed by atoms with Crippen LogP contribution in [0.1, 0.15) is 33.6 Å². The van der Waals surface area contributed by atoms with Gasteiger partial charge in [0.15, 0.2) is 0 Å². The maximum Gasteiger partial charge on any atom is 0.407 e. The van der Waals surface area contributed by atoms with Crippen LogP contribution < -0.4 is 21.3 Å². The molecule has 23 nitrogen and oxygen atoms in total. The molecule has 1 aliphatic heterocycles. The lowest BCUT2D eigenvalue weighted by Crippen LogP contribution is -2.44. The van der Waals surface area contributed by atoms with Gasteiger partial charge in [-0.15, -0.1) is 11.8 Å². The first-order valence-corrected chi connectivity index (χ1v) is 18.7. The van der Waals surface area contributed by atoms with Gasteiger partial charge in [-0.05, 0) is 26.8 Å². The van der Waals surface area contributed by atoms with Crippen molar-refractivity contribution in [2.24, 2.45) is 0 Å². The molecule has 1 fully saturated rings. The zero-order valence-electron chi connectivity index (χ0n) is 31.8. The number of imide groups is 1. The van der Waals surface area contributed by atoms with Gasteiger partial charge in [-0.25, -0.2) is 9.59 Å². The third-order valence-corrected chi connectivity index (χ3v) is 8.55. The molecule has 5 amide bonds. The highest BCUT2D eigenvalue weighted by molar-refractivity contribution is 8.00. The standard InChI is InChI=1S/C33H49N7O16S/c1-33(2,3)56-32(47)36-8-7-35-28(42)20-38-29(43)19-26(30(38)44)57-21-24(31(45)46)37-27(41)6-10-52-12-14-54-16-17-55-15-13-53-11-9-34-23-5-4-22(39(48)49)18-25(23)40(50)51/h4-5,18,24,26,34H,6-17,19-21H2,1-3H3,(H,35,42)(H,36,47)(H,37,41)(H,45,46). The van der Waals surface area contributed by atoms with E-state index in [1.165, 1.54) is 6.07 Å². The monoisotopic (exact) mass is 831 g/mol. The molecule has 5 N–H and O–H groups in total. The van der Waals surface area contributed by atoms with Crippen LogP contribution >= 0.6 is 11.8 Å². The topological polar surface area (TPSA) is 306 Å². The Balaban J connectivity index is 1.51. The molecule has 0 spiro atoms. The number of hydrogen-bond acceptors (Lipinski definition) is 17. The molecule has 0 bridgehead atoms. The van der Waals surface area contributed by atoms with E-state index >= 15 is 0 Å². The fourth-order valence-corrected chi connectivity index (χ4v) is 5.78. The molecule has 57 heavy (non-hydrogen) atoms. The second kappa shape index (κ2) is 25.2. The molecule has 1 saturated heterocycles. The third kappa shape index (κ3) is 19.5. The van der Waals surface area contributed by atoms with Crippen LogP contribution in [0, 0.1) is 20.2 Å². The number of non-ortho nitro benzene ring substituents is 1. The van der Waals surface area contributed by atoms with E-state index in [1.807, 2.05) is 0 Å². The summed E-state index contributed by atoms with van der Waals surface area (Å²) in [7, 11) is 0. The van der Waals surface area contributed by atoms with Crippen molar-refractivity contribution in [1.29, 1.82) is 0 Å². The summed E-state index contributed by atoms with van der Waals surface area (Å²) in [5, 5.41) is 40.8. The number of nitro groups is 2. The fourth-order valence-electron chi connectivity index (χ4n) is 4.60. The number of aliphatic carboxylic acids is 1. The number of carboxylic acids is 1. The SMILES string of the molecule is CC(C)(C)OC(=O)NCCNC(=O)CN1C(=O)CC(SCC(NC(=O)CCOCCOCCOCCOCCNc2ccc([N+](=O)[O-])cc2[N+](=O)[O-])C(=O)O)C1=O. The summed E-state index contributed by atoms with van der Waals surface area (Å²) in [5.74, 6) is -4.03. The largest absolute Gasteiger partial charge is 0.480 e. The lowest BCUT2D eigenvalue weighted by Gasteiger charge is -2.19. The predicted octanol–water partition coefficient (Wildman–Crippen LogP) is 0.442. The molecule has 318 valence electrons. The van der Waals surface area contributed by atoms with Crippen LogP contribution in [0.25, 0.3) is 0 Å². The number of thioether (sulfide) groups is 1. The number of likely N-dealkylation sites (tertiary alicyclic amines) is 1. The number of anilines is 1. The van der Waals surface area contributed by atoms with Crippen molar-refractivity contribution in [2.75, 3.05) is 90.1 Å². The summed E-state index contributed by atoms with van der Waals surface area (Å²) in [6.45, 7) is 6.42. The van der Waals surface area contributed by atoms with Crippen LogP contribution in [-0.2, 0) is 47.7 Å². The van der Waals surface area contributed by atoms with E-state index in [0.717, 1.165) is 28.8 Å². The first-order valence-electron chi connectivity index (χ1n) is 17.7. The summed E-state index contributed by atoms with van der Waals surface area (Å²) in [4.78, 5) is 94.6.